The van der Waals surface area contributed by atoms with Crippen molar-refractivity contribution in [1.82, 2.24) is 18.4 Å². The van der Waals surface area contributed by atoms with Crippen LogP contribution >= 0.6 is 0 Å². The van der Waals surface area contributed by atoms with Crippen LogP contribution in [0, 0.1) is 0 Å². The first-order valence-electron chi connectivity index (χ1n) is 11.1. The Morgan fingerprint density at radius 1 is 1.15 bits per heavy atom. The number of hydrogen-bond acceptors (Lipinski definition) is 7. The second kappa shape index (κ2) is 10.2. The molecular weight excluding hydrogens is 462 g/mol. The number of rotatable bonds is 9. The molecule has 0 spiro atoms. The quantitative estimate of drug-likeness (QED) is 0.453. The maximum Gasteiger partial charge on any atom is 0.426 e. The summed E-state index contributed by atoms with van der Waals surface area (Å²) >= 11 is 0. The van der Waals surface area contributed by atoms with E-state index in [0.717, 1.165) is 31.1 Å². The molecule has 3 rings (SSSR count). The fourth-order valence-corrected chi connectivity index (χ4v) is 4.65. The average Bonchev–Trinajstić information content (AvgIpc) is 3.20. The number of benzene rings is 1. The van der Waals surface area contributed by atoms with E-state index in [4.69, 9.17) is 4.74 Å². The number of nitrogens with one attached hydrogen (secondary N) is 1. The first kappa shape index (κ1) is 25.2. The standard InChI is InChI=1S/C22H29N5O6S/c1-5-7-8-9-12-33-21(29)24-26-20(28)17-14-16(18-10-11-23-25(18)3)15(6-2)13-19(17)27(22(26)30)34(4,31)32/h10-11,13-14H,5-9,12H2,1-4H3,(H,24,29). The summed E-state index contributed by atoms with van der Waals surface area (Å²) in [7, 11) is -2.38. The first-order chi connectivity index (χ1) is 16.1. The molecule has 34 heavy (non-hydrogen) atoms. The van der Waals surface area contributed by atoms with E-state index in [1.807, 2.05) is 6.92 Å². The zero-order valence-corrected chi connectivity index (χ0v) is 20.5. The summed E-state index contributed by atoms with van der Waals surface area (Å²) in [5.74, 6) is 0. The monoisotopic (exact) mass is 491 g/mol. The fraction of sp³-hybridized carbons (Fsp3) is 0.455. The third-order valence-electron chi connectivity index (χ3n) is 5.48. The summed E-state index contributed by atoms with van der Waals surface area (Å²) in [6.07, 6.45) is 5.47. The lowest BCUT2D eigenvalue weighted by Crippen LogP contribution is -2.48. The Morgan fingerprint density at radius 3 is 2.47 bits per heavy atom. The number of nitrogens with zero attached hydrogens (tertiary/aromatic N) is 4. The lowest BCUT2D eigenvalue weighted by molar-refractivity contribution is 0.155. The molecular formula is C22H29N5O6S. The highest BCUT2D eigenvalue weighted by atomic mass is 32.2. The zero-order valence-electron chi connectivity index (χ0n) is 19.7. The Hall–Kier alpha value is -3.41. The van der Waals surface area contributed by atoms with Crippen molar-refractivity contribution in [2.75, 3.05) is 18.3 Å². The molecule has 11 nitrogen and oxygen atoms in total. The number of carbonyl (C=O) groups is 1. The molecule has 2 aromatic heterocycles. The van der Waals surface area contributed by atoms with Gasteiger partial charge in [-0.3, -0.25) is 9.48 Å². The molecule has 12 heteroatoms. The van der Waals surface area contributed by atoms with E-state index in [9.17, 15) is 22.8 Å². The van der Waals surface area contributed by atoms with Gasteiger partial charge in [-0.25, -0.2) is 23.4 Å². The highest BCUT2D eigenvalue weighted by Crippen LogP contribution is 2.27. The van der Waals surface area contributed by atoms with Gasteiger partial charge in [-0.05, 0) is 36.6 Å². The van der Waals surface area contributed by atoms with Crippen molar-refractivity contribution in [2.45, 2.75) is 46.0 Å². The van der Waals surface area contributed by atoms with Gasteiger partial charge in [0.2, 0.25) is 10.0 Å². The van der Waals surface area contributed by atoms with E-state index in [-0.39, 0.29) is 17.5 Å². The molecule has 1 N–H and O–H groups in total. The van der Waals surface area contributed by atoms with Gasteiger partial charge >= 0.3 is 11.8 Å². The summed E-state index contributed by atoms with van der Waals surface area (Å²) in [6, 6.07) is 4.79. The van der Waals surface area contributed by atoms with Gasteiger partial charge < -0.3 is 4.74 Å². The molecule has 3 aromatic rings. The normalized spacial score (nSPS) is 11.6. The maximum absolute atomic E-state index is 13.2. The molecule has 0 atom stereocenters. The molecule has 0 fully saturated rings. The third-order valence-corrected chi connectivity index (χ3v) is 6.50. The fourth-order valence-electron chi connectivity index (χ4n) is 3.78. The Bertz CT molecular complexity index is 1430. The SMILES string of the molecule is CCCCCCOC(=O)Nn1c(=O)c2cc(-c3ccnn3C)c(CC)cc2n(S(C)(=O)=O)c1=O. The largest absolute Gasteiger partial charge is 0.448 e. The van der Waals surface area contributed by atoms with E-state index in [0.29, 0.717) is 32.7 Å². The zero-order chi connectivity index (χ0) is 25.0. The molecule has 1 aromatic carbocycles. The predicted octanol–water partition coefficient (Wildman–Crippen LogP) is 2.19. The van der Waals surface area contributed by atoms with Crippen LogP contribution < -0.4 is 16.7 Å². The summed E-state index contributed by atoms with van der Waals surface area (Å²) in [6.45, 7) is 4.04. The minimum atomic E-state index is -4.13. The number of aromatic nitrogens is 4. The maximum atomic E-state index is 13.2. The van der Waals surface area contributed by atoms with Gasteiger partial charge in [0, 0.05) is 18.8 Å². The molecule has 2 heterocycles. The van der Waals surface area contributed by atoms with Crippen LogP contribution in [-0.4, -0.2) is 45.8 Å². The van der Waals surface area contributed by atoms with Crippen molar-refractivity contribution >= 4 is 27.0 Å². The second-order valence-corrected chi connectivity index (χ2v) is 9.81. The second-order valence-electron chi connectivity index (χ2n) is 7.98. The van der Waals surface area contributed by atoms with E-state index in [1.54, 1.807) is 24.0 Å². The van der Waals surface area contributed by atoms with E-state index in [1.165, 1.54) is 12.1 Å². The van der Waals surface area contributed by atoms with Crippen LogP contribution in [0.15, 0.2) is 34.0 Å². The Kier molecular flexibility index (Phi) is 7.60. The summed E-state index contributed by atoms with van der Waals surface area (Å²) < 4.78 is 32.7. The lowest BCUT2D eigenvalue weighted by atomic mass is 10.00. The molecule has 0 saturated heterocycles. The van der Waals surface area contributed by atoms with Crippen LogP contribution in [0.1, 0.15) is 45.1 Å². The third kappa shape index (κ3) is 5.06. The highest BCUT2D eigenvalue weighted by molar-refractivity contribution is 7.89. The minimum absolute atomic E-state index is 0.0540. The number of ether oxygens (including phenoxy) is 1. The van der Waals surface area contributed by atoms with E-state index >= 15 is 0 Å². The van der Waals surface area contributed by atoms with Gasteiger partial charge in [0.05, 0.1) is 29.5 Å². The molecule has 0 bridgehead atoms. The van der Waals surface area contributed by atoms with Crippen molar-refractivity contribution < 1.29 is 17.9 Å². The smallest absolute Gasteiger partial charge is 0.426 e. The summed E-state index contributed by atoms with van der Waals surface area (Å²) in [5, 5.41) is 4.10. The molecule has 0 aliphatic carbocycles. The Labute approximate surface area is 197 Å². The number of aryl methyl sites for hydroxylation is 2. The number of fused-ring (bicyclic) bond motifs is 1. The van der Waals surface area contributed by atoms with E-state index in [2.05, 4.69) is 17.4 Å². The number of hydrogen-bond donors (Lipinski definition) is 1. The topological polar surface area (TPSA) is 134 Å². The number of amides is 1. The molecule has 184 valence electrons. The van der Waals surface area contributed by atoms with Gasteiger partial charge in [-0.1, -0.05) is 33.1 Å². The first-order valence-corrected chi connectivity index (χ1v) is 12.9. The van der Waals surface area contributed by atoms with Crippen LogP contribution in [0.25, 0.3) is 22.2 Å². The molecule has 1 amide bonds. The van der Waals surface area contributed by atoms with Gasteiger partial charge in [0.15, 0.2) is 0 Å². The van der Waals surface area contributed by atoms with Gasteiger partial charge in [-0.2, -0.15) is 13.7 Å². The molecule has 0 unspecified atom stereocenters. The van der Waals surface area contributed by atoms with Crippen LogP contribution in [0.5, 0.6) is 0 Å². The summed E-state index contributed by atoms with van der Waals surface area (Å²) in [4.78, 5) is 38.5. The van der Waals surface area contributed by atoms with Crippen molar-refractivity contribution in [2.24, 2.45) is 7.05 Å². The lowest BCUT2D eigenvalue weighted by Gasteiger charge is -2.16. The number of unbranched alkanes of at least 4 members (excludes halogenated alkanes) is 3. The van der Waals surface area contributed by atoms with Crippen molar-refractivity contribution in [3.8, 4) is 11.3 Å². The minimum Gasteiger partial charge on any atom is -0.448 e. The van der Waals surface area contributed by atoms with Crippen LogP contribution in [0.4, 0.5) is 4.79 Å². The molecule has 0 radical (unpaired) electrons. The Morgan fingerprint density at radius 2 is 1.88 bits per heavy atom. The molecule has 0 saturated carbocycles. The Balaban J connectivity index is 2.17. The van der Waals surface area contributed by atoms with Crippen molar-refractivity contribution in [3.63, 3.8) is 0 Å². The highest BCUT2D eigenvalue weighted by Gasteiger charge is 2.23. The van der Waals surface area contributed by atoms with E-state index < -0.39 is 27.4 Å². The van der Waals surface area contributed by atoms with Crippen LogP contribution in [-0.2, 0) is 28.2 Å². The predicted molar refractivity (Wildman–Crippen MR) is 129 cm³/mol. The average molecular weight is 492 g/mol. The van der Waals surface area contributed by atoms with Crippen LogP contribution in [0.3, 0.4) is 0 Å². The van der Waals surface area contributed by atoms with Gasteiger partial charge in [-0.15, -0.1) is 0 Å². The molecule has 0 aliphatic rings. The van der Waals surface area contributed by atoms with Crippen molar-refractivity contribution in [3.05, 3.63) is 50.8 Å². The molecule has 0 aliphatic heterocycles. The summed E-state index contributed by atoms with van der Waals surface area (Å²) in [5.41, 5.74) is 2.05. The van der Waals surface area contributed by atoms with Crippen LogP contribution in [0.2, 0.25) is 0 Å². The van der Waals surface area contributed by atoms with Crippen molar-refractivity contribution in [1.29, 1.82) is 0 Å². The van der Waals surface area contributed by atoms with Gasteiger partial charge in [0.25, 0.3) is 5.56 Å². The van der Waals surface area contributed by atoms with Gasteiger partial charge in [0.1, 0.15) is 0 Å². The number of carbonyl (C=O) groups excluding carboxylic acids is 1.